The molecule has 0 heterocycles. The number of aliphatic imine (C=N–C) groups is 2. The third-order valence-corrected chi connectivity index (χ3v) is 3.44. The quantitative estimate of drug-likeness (QED) is 0.115. The molecule has 0 aromatic heterocycles. The molecule has 0 saturated heterocycles. The van der Waals surface area contributed by atoms with Crippen LogP contribution in [-0.2, 0) is 17.1 Å². The van der Waals surface area contributed by atoms with Gasteiger partial charge in [-0.15, -0.1) is 0 Å². The Morgan fingerprint density at radius 2 is 0.950 bits per heavy atom. The topological polar surface area (TPSA) is 288 Å². The maximum atomic E-state index is 12.1. The maximum Gasteiger partial charge on any atom is 3.00 e. The van der Waals surface area contributed by atoms with Crippen LogP contribution in [0.5, 0.6) is 23.0 Å². The number of hydrogen-bond donors (Lipinski definition) is 0. The zero-order valence-electron chi connectivity index (χ0n) is 20.6. The first-order chi connectivity index (χ1) is 17.9. The first-order valence-corrected chi connectivity index (χ1v) is 10.2. The Bertz CT molecular complexity index is 971. The maximum absolute atomic E-state index is 12.1. The van der Waals surface area contributed by atoms with Gasteiger partial charge in [0.25, 0.3) is 0 Å². The average molecular weight is 773 g/mol. The molecule has 20 heteroatoms. The summed E-state index contributed by atoms with van der Waals surface area (Å²) in [4.78, 5) is 33.2. The van der Waals surface area contributed by atoms with Crippen molar-refractivity contribution in [3.8, 4) is 23.0 Å². The first-order valence-electron chi connectivity index (χ1n) is 10.2. The Labute approximate surface area is 266 Å². The molecule has 0 atom stereocenters. The largest absolute Gasteiger partial charge is 3.00 e. The van der Waals surface area contributed by atoms with E-state index in [0.29, 0.717) is 48.9 Å². The molecule has 2 rings (SSSR count). The summed E-state index contributed by atoms with van der Waals surface area (Å²) in [5.74, 6) is 0.300. The first kappa shape index (κ1) is 43.4. The minimum atomic E-state index is -1.75. The van der Waals surface area contributed by atoms with E-state index in [-0.39, 0.29) is 65.4 Å². The van der Waals surface area contributed by atoms with Crippen molar-refractivity contribution < 1.29 is 88.9 Å². The number of ether oxygens (including phenoxy) is 2. The van der Waals surface area contributed by atoms with Crippen LogP contribution in [0.3, 0.4) is 0 Å². The molecule has 2 aromatic carbocycles. The normalized spacial score (nSPS) is 9.15. The molecule has 0 spiro atoms. The summed E-state index contributed by atoms with van der Waals surface area (Å²) in [6.45, 7) is 5.36. The van der Waals surface area contributed by atoms with Crippen LogP contribution in [0.4, 0.5) is 0 Å². The Hall–Kier alpha value is -3.67. The summed E-state index contributed by atoms with van der Waals surface area (Å²) < 4.78 is 10.5. The molecule has 40 heavy (non-hydrogen) atoms. The van der Waals surface area contributed by atoms with Crippen molar-refractivity contribution >= 4 is 12.4 Å². The SMILES string of the molecule is CCOc1cccc(C=NCCN=Cc2cccc(OCC)c2[O-])c1[O-].O=[N+]([O-])[O-].O=[N+]([O-])[O-].O=[N+]([O-])[O-].[Cu+2].[Tm+3]. The van der Waals surface area contributed by atoms with Gasteiger partial charge in [-0.1, -0.05) is 35.8 Å². The van der Waals surface area contributed by atoms with Crippen LogP contribution < -0.4 is 19.7 Å². The Morgan fingerprint density at radius 1 is 0.675 bits per heavy atom. The van der Waals surface area contributed by atoms with Crippen LogP contribution in [-0.4, -0.2) is 54.0 Å². The van der Waals surface area contributed by atoms with E-state index in [2.05, 4.69) is 9.98 Å². The average Bonchev–Trinajstić information content (AvgIpc) is 2.80. The van der Waals surface area contributed by atoms with E-state index in [9.17, 15) is 10.2 Å². The van der Waals surface area contributed by atoms with Crippen LogP contribution >= 0.6 is 0 Å². The Balaban J connectivity index is -0.000000392. The summed E-state index contributed by atoms with van der Waals surface area (Å²) in [6, 6.07) is 10.2. The van der Waals surface area contributed by atoms with Crippen LogP contribution in [0, 0.1) is 82.8 Å². The van der Waals surface area contributed by atoms with E-state index in [1.807, 2.05) is 13.8 Å². The van der Waals surface area contributed by atoms with Crippen molar-refractivity contribution in [3.63, 3.8) is 0 Å². The van der Waals surface area contributed by atoms with E-state index >= 15 is 0 Å². The fourth-order valence-electron chi connectivity index (χ4n) is 2.25. The summed E-state index contributed by atoms with van der Waals surface area (Å²) in [6.07, 6.45) is 3.05. The summed E-state index contributed by atoms with van der Waals surface area (Å²) in [7, 11) is 0. The molecule has 0 saturated carbocycles. The number of para-hydroxylation sites is 2. The van der Waals surface area contributed by atoms with Gasteiger partial charge in [-0.05, 0) is 37.1 Å². The molecule has 0 aliphatic rings. The van der Waals surface area contributed by atoms with E-state index in [1.165, 1.54) is 12.4 Å². The van der Waals surface area contributed by atoms with Gasteiger partial charge in [-0.2, -0.15) is 0 Å². The molecule has 1 radical (unpaired) electrons. The predicted octanol–water partition coefficient (Wildman–Crippen LogP) is 1.45. The van der Waals surface area contributed by atoms with Crippen molar-refractivity contribution in [2.45, 2.75) is 13.8 Å². The molecule has 18 nitrogen and oxygen atoms in total. The molecule has 0 fully saturated rings. The number of hydrogen-bond acceptors (Lipinski definition) is 15. The van der Waals surface area contributed by atoms with Crippen molar-refractivity contribution in [2.75, 3.05) is 26.3 Å². The van der Waals surface area contributed by atoms with Crippen LogP contribution in [0.1, 0.15) is 25.0 Å². The molecule has 0 N–H and O–H groups in total. The zero-order chi connectivity index (χ0) is 29.5. The minimum absolute atomic E-state index is 0. The molecule has 0 amide bonds. The van der Waals surface area contributed by atoms with E-state index < -0.39 is 15.3 Å². The smallest absolute Gasteiger partial charge is 0.870 e. The second-order valence-corrected chi connectivity index (χ2v) is 5.96. The standard InChI is InChI=1S/C20H24N2O4.Cu.3NO3.Tm/c1-3-25-17-9-5-7-15(19(17)23)13-21-11-12-22-14-16-8-6-10-18(20(16)24)26-4-2;;3*2-1(3)4;/h5-10,13-14,23-24H,3-4,11-12H2,1-2H3;;;;;/q;+2;3*-1;+3/p-2. The van der Waals surface area contributed by atoms with Crippen LogP contribution in [0.25, 0.3) is 0 Å². The van der Waals surface area contributed by atoms with Gasteiger partial charge in [0.2, 0.25) is 0 Å². The van der Waals surface area contributed by atoms with Gasteiger partial charge in [0.1, 0.15) is 11.5 Å². The van der Waals surface area contributed by atoms with Gasteiger partial charge in [0.05, 0.1) is 41.6 Å². The van der Waals surface area contributed by atoms with Crippen molar-refractivity contribution in [2.24, 2.45) is 9.98 Å². The molecular weight excluding hydrogens is 751 g/mol. The molecule has 0 aliphatic carbocycles. The third-order valence-electron chi connectivity index (χ3n) is 3.44. The van der Waals surface area contributed by atoms with Gasteiger partial charge < -0.3 is 65.7 Å². The van der Waals surface area contributed by atoms with E-state index in [1.54, 1.807) is 36.4 Å². The van der Waals surface area contributed by atoms with E-state index in [4.69, 9.17) is 55.4 Å². The number of benzene rings is 2. The van der Waals surface area contributed by atoms with Crippen LogP contribution in [0.2, 0.25) is 0 Å². The van der Waals surface area contributed by atoms with Crippen LogP contribution in [0.15, 0.2) is 46.4 Å². The van der Waals surface area contributed by atoms with Crippen molar-refractivity contribution in [3.05, 3.63) is 93.5 Å². The van der Waals surface area contributed by atoms with E-state index in [0.717, 1.165) is 0 Å². The molecule has 0 aliphatic heterocycles. The second-order valence-electron chi connectivity index (χ2n) is 5.96. The molecule has 229 valence electrons. The number of nitrogens with zero attached hydrogens (tertiary/aromatic N) is 5. The van der Waals surface area contributed by atoms with Gasteiger partial charge in [-0.3, -0.25) is 9.98 Å². The van der Waals surface area contributed by atoms with Gasteiger partial charge in [0, 0.05) is 12.4 Å². The minimum Gasteiger partial charge on any atom is -0.870 e. The van der Waals surface area contributed by atoms with Gasteiger partial charge in [0.15, 0.2) is 0 Å². The molecule has 0 unspecified atom stereocenters. The summed E-state index contributed by atoms with van der Waals surface area (Å²) in [5.41, 5.74) is 0.956. The monoisotopic (exact) mass is 772 g/mol. The molecule has 2 aromatic rings. The molecule has 0 bridgehead atoms. The van der Waals surface area contributed by atoms with Crippen molar-refractivity contribution in [1.29, 1.82) is 0 Å². The Kier molecular flexibility index (Phi) is 29.2. The predicted molar refractivity (Wildman–Crippen MR) is 130 cm³/mol. The fourth-order valence-corrected chi connectivity index (χ4v) is 2.25. The summed E-state index contributed by atoms with van der Waals surface area (Å²) >= 11 is 0. The fraction of sp³-hybridized carbons (Fsp3) is 0.300. The number of rotatable bonds is 9. The second kappa shape index (κ2) is 26.9. The van der Waals surface area contributed by atoms with Gasteiger partial charge >= 0.3 is 53.9 Å². The van der Waals surface area contributed by atoms with Gasteiger partial charge in [-0.25, -0.2) is 0 Å². The molecular formula is C20H22CuN5O13Tm. The summed E-state index contributed by atoms with van der Waals surface area (Å²) in [5, 5.41) is 68.4. The zero-order valence-corrected chi connectivity index (χ0v) is 23.3. The van der Waals surface area contributed by atoms with Crippen molar-refractivity contribution in [1.82, 2.24) is 0 Å². The third kappa shape index (κ3) is 24.7. The Morgan fingerprint density at radius 3 is 1.20 bits per heavy atom.